The molecule has 0 fully saturated rings. The molecule has 102 valence electrons. The average Bonchev–Trinajstić information content (AvgIpc) is 2.24. The number of rotatable bonds is 5. The molecule has 0 N–H and O–H groups in total. The molecular weight excluding hydrogens is 345 g/mol. The summed E-state index contributed by atoms with van der Waals surface area (Å²) in [6.45, 7) is 2.03. The van der Waals surface area contributed by atoms with Gasteiger partial charge in [-0.05, 0) is 31.5 Å². The number of alkyl halides is 1. The van der Waals surface area contributed by atoms with Crippen molar-refractivity contribution < 1.29 is 12.8 Å². The molecule has 1 aromatic carbocycles. The monoisotopic (exact) mass is 357 g/mol. The summed E-state index contributed by atoms with van der Waals surface area (Å²) in [6, 6.07) is 3.87. The van der Waals surface area contributed by atoms with Crippen LogP contribution in [0.1, 0.15) is 13.3 Å². The average molecular weight is 359 g/mol. The van der Waals surface area contributed by atoms with Crippen molar-refractivity contribution in [3.63, 3.8) is 0 Å². The van der Waals surface area contributed by atoms with E-state index in [1.54, 1.807) is 6.92 Å². The Morgan fingerprint density at radius 1 is 1.50 bits per heavy atom. The quantitative estimate of drug-likeness (QED) is 0.758. The first kappa shape index (κ1) is 15.9. The molecule has 7 heteroatoms. The molecule has 0 heterocycles. The molecule has 1 unspecified atom stereocenters. The summed E-state index contributed by atoms with van der Waals surface area (Å²) < 4.78 is 39.5. The molecule has 0 saturated carbocycles. The van der Waals surface area contributed by atoms with Gasteiger partial charge in [-0.2, -0.15) is 0 Å². The Hall–Kier alpha value is -0.170. The number of hydrogen-bond donors (Lipinski definition) is 0. The zero-order chi connectivity index (χ0) is 13.9. The van der Waals surface area contributed by atoms with Gasteiger partial charge in [0.15, 0.2) is 0 Å². The lowest BCUT2D eigenvalue weighted by molar-refractivity contribution is 0.454. The predicted octanol–water partition coefficient (Wildman–Crippen LogP) is 3.23. The molecule has 1 atom stereocenters. The Balaban J connectivity index is 2.98. The first-order valence-electron chi connectivity index (χ1n) is 5.30. The topological polar surface area (TPSA) is 37.4 Å². The molecule has 0 aliphatic carbocycles. The Morgan fingerprint density at radius 3 is 2.61 bits per heavy atom. The van der Waals surface area contributed by atoms with Crippen LogP contribution in [-0.4, -0.2) is 31.7 Å². The lowest BCUT2D eigenvalue weighted by atomic mass is 10.3. The van der Waals surface area contributed by atoms with Crippen LogP contribution in [0.5, 0.6) is 0 Å². The van der Waals surface area contributed by atoms with Crippen LogP contribution in [-0.2, 0) is 10.0 Å². The van der Waals surface area contributed by atoms with Crippen LogP contribution in [0.4, 0.5) is 4.39 Å². The molecule has 1 rings (SSSR count). The highest BCUT2D eigenvalue weighted by molar-refractivity contribution is 9.10. The number of sulfonamides is 1. The molecule has 0 amide bonds. The van der Waals surface area contributed by atoms with Gasteiger partial charge in [0.2, 0.25) is 10.0 Å². The van der Waals surface area contributed by atoms with Crippen molar-refractivity contribution in [1.82, 2.24) is 4.31 Å². The molecule has 1 aromatic rings. The second-order valence-corrected chi connectivity index (χ2v) is 7.64. The van der Waals surface area contributed by atoms with Crippen LogP contribution in [0.15, 0.2) is 27.6 Å². The zero-order valence-corrected chi connectivity index (χ0v) is 13.2. The molecule has 3 nitrogen and oxygen atoms in total. The smallest absolute Gasteiger partial charge is 0.207 e. The largest absolute Gasteiger partial charge is 0.245 e. The van der Waals surface area contributed by atoms with E-state index in [0.29, 0.717) is 10.9 Å². The van der Waals surface area contributed by atoms with Gasteiger partial charge in [-0.1, -0.05) is 15.9 Å². The van der Waals surface area contributed by atoms with E-state index < -0.39 is 15.8 Å². The summed E-state index contributed by atoms with van der Waals surface area (Å²) in [4.78, 5) is -0.324. The van der Waals surface area contributed by atoms with Gasteiger partial charge in [-0.3, -0.25) is 0 Å². The molecule has 0 spiro atoms. The first-order valence-corrected chi connectivity index (χ1v) is 7.97. The van der Waals surface area contributed by atoms with Gasteiger partial charge in [0.1, 0.15) is 10.7 Å². The van der Waals surface area contributed by atoms with Crippen molar-refractivity contribution in [3.05, 3.63) is 28.5 Å². The van der Waals surface area contributed by atoms with Crippen molar-refractivity contribution in [1.29, 1.82) is 0 Å². The SMILES string of the molecule is CC(Cl)CCN(C)S(=O)(=O)c1ccc(Br)cc1F. The number of halogens is 3. The first-order chi connectivity index (χ1) is 8.25. The Kier molecular flexibility index (Phi) is 5.58. The van der Waals surface area contributed by atoms with Gasteiger partial charge in [0, 0.05) is 23.4 Å². The standard InChI is InChI=1S/C11H14BrClFNO2S/c1-8(13)5-6-15(2)18(16,17)11-4-3-9(12)7-10(11)14/h3-4,7-8H,5-6H2,1-2H3. The maximum atomic E-state index is 13.6. The minimum Gasteiger partial charge on any atom is -0.207 e. The van der Waals surface area contributed by atoms with Crippen LogP contribution in [0.25, 0.3) is 0 Å². The molecule has 0 aliphatic heterocycles. The molecule has 0 radical (unpaired) electrons. The third kappa shape index (κ3) is 3.91. The minimum absolute atomic E-state index is 0.127. The molecular formula is C11H14BrClFNO2S. The summed E-state index contributed by atoms with van der Waals surface area (Å²) in [6.07, 6.45) is 0.509. The fourth-order valence-corrected chi connectivity index (χ4v) is 2.99. The second kappa shape index (κ2) is 6.32. The van der Waals surface area contributed by atoms with Gasteiger partial charge in [-0.25, -0.2) is 17.1 Å². The fourth-order valence-electron chi connectivity index (χ4n) is 1.33. The van der Waals surface area contributed by atoms with Gasteiger partial charge in [0.25, 0.3) is 0 Å². The van der Waals surface area contributed by atoms with Crippen molar-refractivity contribution in [2.45, 2.75) is 23.6 Å². The third-order valence-corrected chi connectivity index (χ3v) is 5.03. The molecule has 18 heavy (non-hydrogen) atoms. The number of nitrogens with zero attached hydrogens (tertiary/aromatic N) is 1. The van der Waals surface area contributed by atoms with Crippen LogP contribution in [0.2, 0.25) is 0 Å². The van der Waals surface area contributed by atoms with Crippen molar-refractivity contribution in [2.75, 3.05) is 13.6 Å². The fraction of sp³-hybridized carbons (Fsp3) is 0.455. The van der Waals surface area contributed by atoms with Crippen LogP contribution in [0.3, 0.4) is 0 Å². The predicted molar refractivity (Wildman–Crippen MR) is 73.8 cm³/mol. The van der Waals surface area contributed by atoms with E-state index in [1.165, 1.54) is 19.2 Å². The van der Waals surface area contributed by atoms with E-state index in [2.05, 4.69) is 15.9 Å². The molecule has 0 saturated heterocycles. The van der Waals surface area contributed by atoms with E-state index in [9.17, 15) is 12.8 Å². The van der Waals surface area contributed by atoms with Gasteiger partial charge < -0.3 is 0 Å². The third-order valence-electron chi connectivity index (χ3n) is 2.42. The normalized spacial score (nSPS) is 13.9. The molecule has 0 aliphatic rings. The van der Waals surface area contributed by atoms with Gasteiger partial charge in [0.05, 0.1) is 0 Å². The highest BCUT2D eigenvalue weighted by Gasteiger charge is 2.24. The van der Waals surface area contributed by atoms with Crippen molar-refractivity contribution in [3.8, 4) is 0 Å². The van der Waals surface area contributed by atoms with Crippen molar-refractivity contribution >= 4 is 37.6 Å². The van der Waals surface area contributed by atoms with Gasteiger partial charge in [-0.15, -0.1) is 11.6 Å². The number of benzene rings is 1. The maximum Gasteiger partial charge on any atom is 0.245 e. The van der Waals surface area contributed by atoms with E-state index in [4.69, 9.17) is 11.6 Å². The lowest BCUT2D eigenvalue weighted by Gasteiger charge is -2.18. The summed E-state index contributed by atoms with van der Waals surface area (Å²) in [7, 11) is -2.39. The Labute approximate surface area is 120 Å². The summed E-state index contributed by atoms with van der Waals surface area (Å²) in [5, 5.41) is -0.127. The minimum atomic E-state index is -3.80. The van der Waals surface area contributed by atoms with Gasteiger partial charge >= 0.3 is 0 Å². The van der Waals surface area contributed by atoms with E-state index >= 15 is 0 Å². The summed E-state index contributed by atoms with van der Waals surface area (Å²) >= 11 is 8.85. The van der Waals surface area contributed by atoms with Crippen LogP contribution in [0, 0.1) is 5.82 Å². The Bertz CT molecular complexity index is 522. The van der Waals surface area contributed by atoms with E-state index in [0.717, 1.165) is 10.4 Å². The summed E-state index contributed by atoms with van der Waals surface area (Å²) in [5.41, 5.74) is 0. The highest BCUT2D eigenvalue weighted by atomic mass is 79.9. The number of hydrogen-bond acceptors (Lipinski definition) is 2. The zero-order valence-electron chi connectivity index (χ0n) is 10.0. The maximum absolute atomic E-state index is 13.6. The van der Waals surface area contributed by atoms with Crippen molar-refractivity contribution in [2.24, 2.45) is 0 Å². The van der Waals surface area contributed by atoms with Crippen LogP contribution < -0.4 is 0 Å². The Morgan fingerprint density at radius 2 is 2.11 bits per heavy atom. The molecule has 0 bridgehead atoms. The highest BCUT2D eigenvalue weighted by Crippen LogP contribution is 2.22. The van der Waals surface area contributed by atoms with E-state index in [-0.39, 0.29) is 16.8 Å². The van der Waals surface area contributed by atoms with E-state index in [1.807, 2.05) is 0 Å². The van der Waals surface area contributed by atoms with Crippen LogP contribution >= 0.6 is 27.5 Å². The summed E-state index contributed by atoms with van der Waals surface area (Å²) in [5.74, 6) is -0.768. The lowest BCUT2D eigenvalue weighted by Crippen LogP contribution is -2.29. The molecule has 0 aromatic heterocycles. The second-order valence-electron chi connectivity index (χ2n) is 3.97.